The monoisotopic (exact) mass is 279 g/mol. The lowest BCUT2D eigenvalue weighted by molar-refractivity contribution is -0.117. The van der Waals surface area contributed by atoms with E-state index in [4.69, 9.17) is 0 Å². The van der Waals surface area contributed by atoms with Gasteiger partial charge in [-0.15, -0.1) is 0 Å². The van der Waals surface area contributed by atoms with Crippen molar-refractivity contribution in [2.45, 2.75) is 6.42 Å². The average molecular weight is 280 g/mol. The zero-order chi connectivity index (χ0) is 11.1. The quantitative estimate of drug-likeness (QED) is 0.731. The van der Waals surface area contributed by atoms with Crippen LogP contribution in [0.2, 0.25) is 0 Å². The van der Waals surface area contributed by atoms with E-state index < -0.39 is 0 Å². The highest BCUT2D eigenvalue weighted by molar-refractivity contribution is 9.10. The Labute approximate surface area is 102 Å². The molecular formula is C11H10BrN3O. The van der Waals surface area contributed by atoms with Crippen molar-refractivity contribution in [2.24, 2.45) is 0 Å². The van der Waals surface area contributed by atoms with E-state index in [0.29, 0.717) is 19.5 Å². The maximum Gasteiger partial charge on any atom is 0.156 e. The molecule has 16 heavy (non-hydrogen) atoms. The molecule has 0 aliphatic carbocycles. The number of aromatic nitrogens is 1. The number of rotatable bonds is 0. The van der Waals surface area contributed by atoms with Crippen LogP contribution in [0.1, 0.15) is 12.0 Å². The summed E-state index contributed by atoms with van der Waals surface area (Å²) in [6, 6.07) is 3.93. The van der Waals surface area contributed by atoms with Gasteiger partial charge in [-0.05, 0) is 17.7 Å². The standard InChI is InChI=1S/C11H10BrN3O/c12-15-6-7-4-8(16)5-14-10(7)9-2-1-3-13-11(9)15/h1-3,14H,4-6H2. The number of hydrogen-bond acceptors (Lipinski definition) is 4. The molecule has 0 aromatic carbocycles. The second kappa shape index (κ2) is 3.59. The largest absolute Gasteiger partial charge is 0.377 e. The van der Waals surface area contributed by atoms with Gasteiger partial charge in [0, 0.05) is 23.9 Å². The van der Waals surface area contributed by atoms with E-state index in [1.165, 1.54) is 0 Å². The number of Topliss-reactive ketones (excluding diaryl/α,β-unsaturated/α-hetero) is 1. The minimum atomic E-state index is 0.243. The molecule has 1 N–H and O–H groups in total. The van der Waals surface area contributed by atoms with Gasteiger partial charge in [0.05, 0.1) is 29.2 Å². The summed E-state index contributed by atoms with van der Waals surface area (Å²) in [6.45, 7) is 1.13. The van der Waals surface area contributed by atoms with Crippen molar-refractivity contribution in [1.82, 2.24) is 10.3 Å². The molecule has 0 amide bonds. The normalized spacial score (nSPS) is 19.1. The van der Waals surface area contributed by atoms with Gasteiger partial charge in [0.25, 0.3) is 0 Å². The Morgan fingerprint density at radius 2 is 2.38 bits per heavy atom. The minimum Gasteiger partial charge on any atom is -0.377 e. The SMILES string of the molecule is O=C1CNC2=C(C1)CN(Br)c1ncccc12. The molecule has 0 bridgehead atoms. The van der Waals surface area contributed by atoms with Gasteiger partial charge < -0.3 is 5.32 Å². The predicted molar refractivity (Wildman–Crippen MR) is 65.1 cm³/mol. The highest BCUT2D eigenvalue weighted by atomic mass is 79.9. The lowest BCUT2D eigenvalue weighted by Crippen LogP contribution is -2.35. The number of pyridine rings is 1. The number of fused-ring (bicyclic) bond motifs is 2. The van der Waals surface area contributed by atoms with Crippen molar-refractivity contribution in [1.29, 1.82) is 0 Å². The zero-order valence-corrected chi connectivity index (χ0v) is 10.1. The molecule has 1 aromatic heterocycles. The molecule has 0 radical (unpaired) electrons. The summed E-state index contributed by atoms with van der Waals surface area (Å²) in [4.78, 5) is 15.7. The summed E-state index contributed by atoms with van der Waals surface area (Å²) in [6.07, 6.45) is 2.31. The molecule has 0 saturated heterocycles. The highest BCUT2D eigenvalue weighted by Crippen LogP contribution is 2.35. The number of carbonyl (C=O) groups excluding carboxylic acids is 1. The Hall–Kier alpha value is -1.36. The fourth-order valence-corrected chi connectivity index (χ4v) is 2.73. The first-order chi connectivity index (χ1) is 7.75. The number of nitrogens with one attached hydrogen (secondary N) is 1. The van der Waals surface area contributed by atoms with E-state index in [0.717, 1.165) is 22.7 Å². The first-order valence-corrected chi connectivity index (χ1v) is 5.83. The van der Waals surface area contributed by atoms with Gasteiger partial charge in [-0.2, -0.15) is 0 Å². The Kier molecular flexibility index (Phi) is 2.21. The summed E-state index contributed by atoms with van der Waals surface area (Å²) in [5.74, 6) is 1.15. The Morgan fingerprint density at radius 1 is 1.50 bits per heavy atom. The molecule has 2 aliphatic rings. The summed E-state index contributed by atoms with van der Waals surface area (Å²) in [5.41, 5.74) is 3.28. The highest BCUT2D eigenvalue weighted by Gasteiger charge is 2.28. The number of nitrogens with zero attached hydrogens (tertiary/aromatic N) is 2. The van der Waals surface area contributed by atoms with E-state index in [9.17, 15) is 4.79 Å². The fourth-order valence-electron chi connectivity index (χ4n) is 2.15. The molecule has 0 spiro atoms. The summed E-state index contributed by atoms with van der Waals surface area (Å²) in [5, 5.41) is 3.19. The molecule has 1 aromatic rings. The van der Waals surface area contributed by atoms with Gasteiger partial charge in [-0.25, -0.2) is 4.98 Å². The van der Waals surface area contributed by atoms with Crippen LogP contribution in [0.3, 0.4) is 0 Å². The van der Waals surface area contributed by atoms with Gasteiger partial charge in [0.15, 0.2) is 5.78 Å². The summed E-state index contributed by atoms with van der Waals surface area (Å²) in [7, 11) is 0. The zero-order valence-electron chi connectivity index (χ0n) is 8.53. The molecular weight excluding hydrogens is 270 g/mol. The van der Waals surface area contributed by atoms with E-state index in [1.54, 1.807) is 6.20 Å². The number of halogens is 1. The molecule has 5 heteroatoms. The van der Waals surface area contributed by atoms with Crippen LogP contribution in [0.4, 0.5) is 5.82 Å². The van der Waals surface area contributed by atoms with Crippen molar-refractivity contribution in [3.63, 3.8) is 0 Å². The summed E-state index contributed by atoms with van der Waals surface area (Å²) < 4.78 is 1.90. The van der Waals surface area contributed by atoms with E-state index >= 15 is 0 Å². The van der Waals surface area contributed by atoms with Crippen LogP contribution in [0.15, 0.2) is 23.9 Å². The molecule has 4 nitrogen and oxygen atoms in total. The maximum atomic E-state index is 11.4. The molecule has 2 aliphatic heterocycles. The first-order valence-electron chi connectivity index (χ1n) is 5.12. The van der Waals surface area contributed by atoms with Crippen LogP contribution < -0.4 is 9.24 Å². The Balaban J connectivity index is 2.14. The van der Waals surface area contributed by atoms with Gasteiger partial charge in [-0.1, -0.05) is 0 Å². The van der Waals surface area contributed by atoms with Crippen molar-refractivity contribution < 1.29 is 4.79 Å². The van der Waals surface area contributed by atoms with Crippen LogP contribution in [0.25, 0.3) is 5.70 Å². The maximum absolute atomic E-state index is 11.4. The number of anilines is 1. The lowest BCUT2D eigenvalue weighted by atomic mass is 9.96. The molecule has 3 heterocycles. The Bertz CT molecular complexity index is 498. The van der Waals surface area contributed by atoms with Crippen molar-refractivity contribution in [3.8, 4) is 0 Å². The molecule has 0 fully saturated rings. The minimum absolute atomic E-state index is 0.243. The third kappa shape index (κ3) is 1.43. The summed E-state index contributed by atoms with van der Waals surface area (Å²) >= 11 is 3.47. The third-order valence-electron chi connectivity index (χ3n) is 2.84. The van der Waals surface area contributed by atoms with Gasteiger partial charge in [-0.3, -0.25) is 8.72 Å². The number of carbonyl (C=O) groups is 1. The fraction of sp³-hybridized carbons (Fsp3) is 0.273. The van der Waals surface area contributed by atoms with Crippen LogP contribution in [-0.4, -0.2) is 23.9 Å². The smallest absolute Gasteiger partial charge is 0.156 e. The Morgan fingerprint density at radius 3 is 3.25 bits per heavy atom. The molecule has 82 valence electrons. The molecule has 3 rings (SSSR count). The molecule has 0 unspecified atom stereocenters. The van der Waals surface area contributed by atoms with Crippen LogP contribution >= 0.6 is 16.1 Å². The van der Waals surface area contributed by atoms with Gasteiger partial charge in [0.1, 0.15) is 5.82 Å². The molecule has 0 atom stereocenters. The molecule has 0 saturated carbocycles. The second-order valence-corrected chi connectivity index (χ2v) is 4.80. The third-order valence-corrected chi connectivity index (χ3v) is 3.43. The second-order valence-electron chi connectivity index (χ2n) is 3.94. The first kappa shape index (κ1) is 9.84. The topological polar surface area (TPSA) is 45.2 Å². The van der Waals surface area contributed by atoms with E-state index in [2.05, 4.69) is 26.4 Å². The number of ketones is 1. The predicted octanol–water partition coefficient (Wildman–Crippen LogP) is 1.49. The van der Waals surface area contributed by atoms with Crippen LogP contribution in [0, 0.1) is 0 Å². The van der Waals surface area contributed by atoms with E-state index in [-0.39, 0.29) is 5.78 Å². The average Bonchev–Trinajstić information content (AvgIpc) is 2.29. The van der Waals surface area contributed by atoms with Crippen molar-refractivity contribution in [3.05, 3.63) is 29.5 Å². The lowest BCUT2D eigenvalue weighted by Gasteiger charge is -2.31. The number of hydrogen-bond donors (Lipinski definition) is 1. The van der Waals surface area contributed by atoms with Gasteiger partial charge >= 0.3 is 0 Å². The van der Waals surface area contributed by atoms with Crippen LogP contribution in [-0.2, 0) is 4.79 Å². The van der Waals surface area contributed by atoms with Crippen molar-refractivity contribution in [2.75, 3.05) is 17.0 Å². The van der Waals surface area contributed by atoms with Crippen molar-refractivity contribution >= 4 is 33.4 Å². The van der Waals surface area contributed by atoms with E-state index in [1.807, 2.05) is 16.1 Å². The van der Waals surface area contributed by atoms with Gasteiger partial charge in [0.2, 0.25) is 0 Å². The van der Waals surface area contributed by atoms with Crippen LogP contribution in [0.5, 0.6) is 0 Å².